The zero-order valence-corrected chi connectivity index (χ0v) is 17.1. The molecule has 6 nitrogen and oxygen atoms in total. The second-order valence-electron chi connectivity index (χ2n) is 7.33. The third-order valence-electron chi connectivity index (χ3n) is 4.53. The maximum Gasteiger partial charge on any atom is 0.262 e. The summed E-state index contributed by atoms with van der Waals surface area (Å²) in [5, 5.41) is 2.82. The number of nitrogens with one attached hydrogen (secondary N) is 2. The summed E-state index contributed by atoms with van der Waals surface area (Å²) in [5.41, 5.74) is 3.88. The summed E-state index contributed by atoms with van der Waals surface area (Å²) in [6.07, 6.45) is 0. The third kappa shape index (κ3) is 5.31. The van der Waals surface area contributed by atoms with Gasteiger partial charge in [-0.2, -0.15) is 0 Å². The molecule has 3 aromatic rings. The number of benzene rings is 2. The first-order chi connectivity index (χ1) is 13.8. The van der Waals surface area contributed by atoms with Gasteiger partial charge in [-0.3, -0.25) is 9.59 Å². The van der Waals surface area contributed by atoms with E-state index in [2.05, 4.69) is 35.2 Å². The summed E-state index contributed by atoms with van der Waals surface area (Å²) in [7, 11) is 0. The normalized spacial score (nSPS) is 10.8. The predicted molar refractivity (Wildman–Crippen MR) is 114 cm³/mol. The van der Waals surface area contributed by atoms with E-state index in [1.165, 1.54) is 11.6 Å². The van der Waals surface area contributed by atoms with E-state index < -0.39 is 0 Å². The van der Waals surface area contributed by atoms with Crippen LogP contribution in [0.2, 0.25) is 0 Å². The van der Waals surface area contributed by atoms with Crippen molar-refractivity contribution in [3.63, 3.8) is 0 Å². The third-order valence-corrected chi connectivity index (χ3v) is 4.53. The molecular weight excluding hydrogens is 366 g/mol. The molecule has 2 N–H and O–H groups in total. The van der Waals surface area contributed by atoms with Crippen LogP contribution in [0.15, 0.2) is 53.3 Å². The van der Waals surface area contributed by atoms with Crippen molar-refractivity contribution in [1.29, 1.82) is 0 Å². The summed E-state index contributed by atoms with van der Waals surface area (Å²) in [4.78, 5) is 31.1. The number of hydrogen-bond acceptors (Lipinski definition) is 4. The molecule has 0 aliphatic rings. The summed E-state index contributed by atoms with van der Waals surface area (Å²) < 4.78 is 5.74. The van der Waals surface area contributed by atoms with E-state index >= 15 is 0 Å². The quantitative estimate of drug-likeness (QED) is 0.660. The SMILES string of the molecule is Cc1cc(=O)[nH]c(-c2cccc(NC(=O)COc3cc(C(C)C)ccc3C)c2)n1. The average Bonchev–Trinajstić information content (AvgIpc) is 2.66. The zero-order valence-electron chi connectivity index (χ0n) is 17.1. The highest BCUT2D eigenvalue weighted by Crippen LogP contribution is 2.24. The molecular formula is C23H25N3O3. The molecule has 0 radical (unpaired) electrons. The van der Waals surface area contributed by atoms with Gasteiger partial charge in [-0.1, -0.05) is 38.1 Å². The minimum Gasteiger partial charge on any atom is -0.483 e. The fourth-order valence-electron chi connectivity index (χ4n) is 2.93. The van der Waals surface area contributed by atoms with Crippen molar-refractivity contribution in [1.82, 2.24) is 9.97 Å². The predicted octanol–water partition coefficient (Wildman–Crippen LogP) is 4.19. The molecule has 0 aliphatic carbocycles. The van der Waals surface area contributed by atoms with Gasteiger partial charge in [0.1, 0.15) is 11.6 Å². The second-order valence-corrected chi connectivity index (χ2v) is 7.33. The Hall–Kier alpha value is -3.41. The first kappa shape index (κ1) is 20.3. The number of aromatic nitrogens is 2. The number of amides is 1. The van der Waals surface area contributed by atoms with E-state index in [4.69, 9.17) is 4.74 Å². The van der Waals surface area contributed by atoms with Gasteiger partial charge in [0, 0.05) is 23.0 Å². The van der Waals surface area contributed by atoms with Crippen LogP contribution in [0.25, 0.3) is 11.4 Å². The van der Waals surface area contributed by atoms with Gasteiger partial charge < -0.3 is 15.0 Å². The topological polar surface area (TPSA) is 84.1 Å². The smallest absolute Gasteiger partial charge is 0.262 e. The summed E-state index contributed by atoms with van der Waals surface area (Å²) >= 11 is 0. The Kier molecular flexibility index (Phi) is 6.12. The number of aromatic amines is 1. The van der Waals surface area contributed by atoms with E-state index in [9.17, 15) is 9.59 Å². The maximum atomic E-state index is 12.4. The molecule has 2 aromatic carbocycles. The van der Waals surface area contributed by atoms with E-state index in [-0.39, 0.29) is 18.1 Å². The molecule has 0 fully saturated rings. The summed E-state index contributed by atoms with van der Waals surface area (Å²) in [5.74, 6) is 1.29. The fraction of sp³-hybridized carbons (Fsp3) is 0.261. The molecule has 3 rings (SSSR count). The monoisotopic (exact) mass is 391 g/mol. The number of aryl methyl sites for hydroxylation is 2. The van der Waals surface area contributed by atoms with Crippen LogP contribution in [-0.4, -0.2) is 22.5 Å². The average molecular weight is 391 g/mol. The van der Waals surface area contributed by atoms with Crippen molar-refractivity contribution in [2.75, 3.05) is 11.9 Å². The standard InChI is InChI=1S/C23H25N3O3/c1-14(2)17-9-8-15(3)20(12-17)29-13-22(28)25-19-7-5-6-18(11-19)23-24-16(4)10-21(27)26-23/h5-12,14H,13H2,1-4H3,(H,25,28)(H,24,26,27). The fourth-order valence-corrected chi connectivity index (χ4v) is 2.93. The molecule has 29 heavy (non-hydrogen) atoms. The molecule has 1 heterocycles. The van der Waals surface area contributed by atoms with Crippen LogP contribution in [0.1, 0.15) is 36.6 Å². The molecule has 0 atom stereocenters. The van der Waals surface area contributed by atoms with Gasteiger partial charge in [0.25, 0.3) is 11.5 Å². The Morgan fingerprint density at radius 1 is 1.14 bits per heavy atom. The first-order valence-electron chi connectivity index (χ1n) is 9.53. The van der Waals surface area contributed by atoms with Gasteiger partial charge in [0.15, 0.2) is 6.61 Å². The van der Waals surface area contributed by atoms with Crippen LogP contribution in [-0.2, 0) is 4.79 Å². The van der Waals surface area contributed by atoms with Crippen molar-refractivity contribution in [3.8, 4) is 17.1 Å². The minimum absolute atomic E-state index is 0.0911. The lowest BCUT2D eigenvalue weighted by Crippen LogP contribution is -2.20. The van der Waals surface area contributed by atoms with Gasteiger partial charge >= 0.3 is 0 Å². The van der Waals surface area contributed by atoms with Crippen LogP contribution in [0.3, 0.4) is 0 Å². The molecule has 0 saturated carbocycles. The van der Waals surface area contributed by atoms with Gasteiger partial charge in [0.2, 0.25) is 0 Å². The van der Waals surface area contributed by atoms with E-state index in [0.717, 1.165) is 5.56 Å². The van der Waals surface area contributed by atoms with Crippen molar-refractivity contribution >= 4 is 11.6 Å². The lowest BCUT2D eigenvalue weighted by molar-refractivity contribution is -0.118. The summed E-state index contributed by atoms with van der Waals surface area (Å²) in [6.45, 7) is 7.86. The number of hydrogen-bond donors (Lipinski definition) is 2. The number of nitrogens with zero attached hydrogens (tertiary/aromatic N) is 1. The van der Waals surface area contributed by atoms with E-state index in [1.54, 1.807) is 25.1 Å². The molecule has 1 amide bonds. The van der Waals surface area contributed by atoms with Gasteiger partial charge in [-0.15, -0.1) is 0 Å². The van der Waals surface area contributed by atoms with Crippen molar-refractivity contribution in [2.45, 2.75) is 33.6 Å². The Bertz CT molecular complexity index is 1090. The number of rotatable bonds is 6. The van der Waals surface area contributed by atoms with Crippen molar-refractivity contribution in [2.24, 2.45) is 0 Å². The van der Waals surface area contributed by atoms with Gasteiger partial charge in [-0.05, 0) is 49.1 Å². The molecule has 0 unspecified atom stereocenters. The Labute approximate surface area is 170 Å². The number of ether oxygens (including phenoxy) is 1. The second kappa shape index (κ2) is 8.73. The lowest BCUT2D eigenvalue weighted by atomic mass is 10.0. The van der Waals surface area contributed by atoms with Gasteiger partial charge in [0.05, 0.1) is 0 Å². The van der Waals surface area contributed by atoms with E-state index in [0.29, 0.717) is 34.4 Å². The number of anilines is 1. The van der Waals surface area contributed by atoms with Crippen LogP contribution < -0.4 is 15.6 Å². The van der Waals surface area contributed by atoms with Crippen LogP contribution >= 0.6 is 0 Å². The highest BCUT2D eigenvalue weighted by atomic mass is 16.5. The number of H-pyrrole nitrogens is 1. The molecule has 6 heteroatoms. The van der Waals surface area contributed by atoms with Crippen LogP contribution in [0, 0.1) is 13.8 Å². The van der Waals surface area contributed by atoms with Crippen LogP contribution in [0.5, 0.6) is 5.75 Å². The van der Waals surface area contributed by atoms with Crippen molar-refractivity contribution < 1.29 is 9.53 Å². The molecule has 150 valence electrons. The summed E-state index contributed by atoms with van der Waals surface area (Å²) in [6, 6.07) is 14.6. The molecule has 0 aliphatic heterocycles. The maximum absolute atomic E-state index is 12.4. The number of carbonyl (C=O) groups is 1. The number of carbonyl (C=O) groups excluding carboxylic acids is 1. The minimum atomic E-state index is -0.262. The van der Waals surface area contributed by atoms with E-state index in [1.807, 2.05) is 25.1 Å². The lowest BCUT2D eigenvalue weighted by Gasteiger charge is -2.13. The Morgan fingerprint density at radius 3 is 2.66 bits per heavy atom. The van der Waals surface area contributed by atoms with Gasteiger partial charge in [-0.25, -0.2) is 4.98 Å². The zero-order chi connectivity index (χ0) is 21.0. The molecule has 0 spiro atoms. The Balaban J connectivity index is 1.69. The Morgan fingerprint density at radius 2 is 1.93 bits per heavy atom. The first-order valence-corrected chi connectivity index (χ1v) is 9.53. The largest absolute Gasteiger partial charge is 0.483 e. The molecule has 0 saturated heterocycles. The molecule has 0 bridgehead atoms. The highest BCUT2D eigenvalue weighted by molar-refractivity contribution is 5.92. The highest BCUT2D eigenvalue weighted by Gasteiger charge is 2.09. The molecule has 1 aromatic heterocycles. The van der Waals surface area contributed by atoms with Crippen molar-refractivity contribution in [3.05, 3.63) is 75.7 Å². The van der Waals surface area contributed by atoms with Crippen LogP contribution in [0.4, 0.5) is 5.69 Å².